The molecule has 2 N–H and O–H groups in total. The van der Waals surface area contributed by atoms with Gasteiger partial charge in [-0.25, -0.2) is 4.98 Å². The molecule has 2 aromatic rings. The van der Waals surface area contributed by atoms with Gasteiger partial charge < -0.3 is 5.73 Å². The van der Waals surface area contributed by atoms with Crippen molar-refractivity contribution in [3.05, 3.63) is 39.8 Å². The van der Waals surface area contributed by atoms with Crippen LogP contribution < -0.4 is 5.73 Å². The maximum absolute atomic E-state index is 5.56. The normalized spacial score (nSPS) is 10.5. The molecular weight excluding hydrogens is 292 g/mol. The van der Waals surface area contributed by atoms with Crippen molar-refractivity contribution in [3.8, 4) is 0 Å². The van der Waals surface area contributed by atoms with E-state index < -0.39 is 0 Å². The van der Waals surface area contributed by atoms with E-state index in [2.05, 4.69) is 33.0 Å². The van der Waals surface area contributed by atoms with Crippen LogP contribution in [0, 0.1) is 0 Å². The Hall–Kier alpha value is -0.520. The van der Waals surface area contributed by atoms with E-state index in [-0.39, 0.29) is 0 Å². The van der Waals surface area contributed by atoms with Gasteiger partial charge in [0.2, 0.25) is 0 Å². The molecule has 0 fully saturated rings. The number of halogens is 1. The van der Waals surface area contributed by atoms with Crippen LogP contribution in [0.5, 0.6) is 0 Å². The van der Waals surface area contributed by atoms with Crippen molar-refractivity contribution in [3.63, 3.8) is 0 Å². The fourth-order valence-corrected chi connectivity index (χ4v) is 2.94. The second-order valence-electron chi connectivity index (χ2n) is 2.91. The number of nitrogens with two attached hydrogens (primary N) is 1. The number of aromatic nitrogens is 1. The van der Waals surface area contributed by atoms with Crippen molar-refractivity contribution in [2.45, 2.75) is 10.6 Å². The van der Waals surface area contributed by atoms with Crippen LogP contribution in [0.2, 0.25) is 0 Å². The van der Waals surface area contributed by atoms with Crippen LogP contribution >= 0.6 is 39.0 Å². The number of anilines is 1. The first-order chi connectivity index (χ1) is 7.24. The molecule has 0 spiro atoms. The van der Waals surface area contributed by atoms with Crippen LogP contribution in [0.1, 0.15) is 4.88 Å². The van der Waals surface area contributed by atoms with Crippen molar-refractivity contribution < 1.29 is 0 Å². The lowest BCUT2D eigenvalue weighted by Crippen LogP contribution is -1.77. The van der Waals surface area contributed by atoms with Gasteiger partial charge in [0.05, 0.1) is 0 Å². The molecule has 1 aromatic carbocycles. The number of thioether (sulfide) groups is 1. The summed E-state index contributed by atoms with van der Waals surface area (Å²) < 4.78 is 1.11. The molecule has 0 aliphatic heterocycles. The molecular formula is C10H9BrN2S2. The second-order valence-corrected chi connectivity index (χ2v) is 6.02. The highest BCUT2D eigenvalue weighted by molar-refractivity contribution is 9.10. The van der Waals surface area contributed by atoms with Crippen LogP contribution in [0.3, 0.4) is 0 Å². The summed E-state index contributed by atoms with van der Waals surface area (Å²) in [5, 5.41) is 0.640. The van der Waals surface area contributed by atoms with Gasteiger partial charge in [-0.05, 0) is 24.3 Å². The summed E-state index contributed by atoms with van der Waals surface area (Å²) in [6.07, 6.45) is 1.84. The minimum Gasteiger partial charge on any atom is -0.375 e. The van der Waals surface area contributed by atoms with Crippen LogP contribution in [0.25, 0.3) is 0 Å². The fourth-order valence-electron chi connectivity index (χ4n) is 1.07. The van der Waals surface area contributed by atoms with Gasteiger partial charge in [-0.2, -0.15) is 0 Å². The molecule has 0 bridgehead atoms. The summed E-state index contributed by atoms with van der Waals surface area (Å²) in [6.45, 7) is 0. The van der Waals surface area contributed by atoms with E-state index >= 15 is 0 Å². The third-order valence-electron chi connectivity index (χ3n) is 1.77. The lowest BCUT2D eigenvalue weighted by molar-refractivity contribution is 1.36. The summed E-state index contributed by atoms with van der Waals surface area (Å²) in [6, 6.07) is 8.28. The quantitative estimate of drug-likeness (QED) is 0.877. The Morgan fingerprint density at radius 2 is 2.07 bits per heavy atom. The van der Waals surface area contributed by atoms with Crippen LogP contribution in [-0.2, 0) is 5.75 Å². The molecule has 0 saturated carbocycles. The van der Waals surface area contributed by atoms with Gasteiger partial charge in [-0.15, -0.1) is 23.1 Å². The molecule has 78 valence electrons. The molecule has 2 nitrogen and oxygen atoms in total. The Bertz CT molecular complexity index is 439. The zero-order valence-electron chi connectivity index (χ0n) is 7.81. The Labute approximate surface area is 105 Å². The molecule has 5 heteroatoms. The van der Waals surface area contributed by atoms with Crippen molar-refractivity contribution in [1.82, 2.24) is 4.98 Å². The van der Waals surface area contributed by atoms with E-state index in [4.69, 9.17) is 5.73 Å². The van der Waals surface area contributed by atoms with E-state index in [1.165, 1.54) is 9.77 Å². The molecule has 0 saturated heterocycles. The van der Waals surface area contributed by atoms with Crippen molar-refractivity contribution in [2.24, 2.45) is 0 Å². The average molecular weight is 301 g/mol. The van der Waals surface area contributed by atoms with E-state index in [0.29, 0.717) is 5.13 Å². The standard InChI is InChI=1S/C10H9BrN2S2/c11-7-1-3-8(4-2-7)14-6-9-5-13-10(12)15-9/h1-5H,6H2,(H2,12,13). The lowest BCUT2D eigenvalue weighted by atomic mass is 10.4. The van der Waals surface area contributed by atoms with Crippen LogP contribution in [0.15, 0.2) is 39.8 Å². The predicted molar refractivity (Wildman–Crippen MR) is 70.2 cm³/mol. The van der Waals surface area contributed by atoms with Crippen molar-refractivity contribution in [2.75, 3.05) is 5.73 Å². The summed E-state index contributed by atoms with van der Waals surface area (Å²) >= 11 is 6.75. The highest BCUT2D eigenvalue weighted by atomic mass is 79.9. The minimum absolute atomic E-state index is 0.640. The van der Waals surface area contributed by atoms with E-state index in [1.54, 1.807) is 23.1 Å². The predicted octanol–water partition coefficient (Wildman–Crippen LogP) is 3.78. The SMILES string of the molecule is Nc1ncc(CSc2ccc(Br)cc2)s1. The molecule has 2 rings (SSSR count). The summed E-state index contributed by atoms with van der Waals surface area (Å²) in [5.74, 6) is 0.927. The molecule has 1 heterocycles. The molecule has 1 aromatic heterocycles. The molecule has 15 heavy (non-hydrogen) atoms. The first-order valence-corrected chi connectivity index (χ1v) is 6.92. The molecule has 0 unspecified atom stereocenters. The topological polar surface area (TPSA) is 38.9 Å². The number of thiazole rings is 1. The number of hydrogen-bond donors (Lipinski definition) is 1. The number of benzene rings is 1. The molecule has 0 aliphatic rings. The van der Waals surface area contributed by atoms with Gasteiger partial charge in [0.1, 0.15) is 0 Å². The maximum Gasteiger partial charge on any atom is 0.180 e. The molecule has 0 atom stereocenters. The Morgan fingerprint density at radius 1 is 1.33 bits per heavy atom. The van der Waals surface area contributed by atoms with Gasteiger partial charge in [0, 0.05) is 26.2 Å². The summed E-state index contributed by atoms with van der Waals surface area (Å²) in [5.41, 5.74) is 5.56. The van der Waals surface area contributed by atoms with Gasteiger partial charge in [0.25, 0.3) is 0 Å². The first-order valence-electron chi connectivity index (χ1n) is 4.32. The fraction of sp³-hybridized carbons (Fsp3) is 0.100. The van der Waals surface area contributed by atoms with Gasteiger partial charge >= 0.3 is 0 Å². The van der Waals surface area contributed by atoms with Crippen molar-refractivity contribution >= 4 is 44.2 Å². The summed E-state index contributed by atoms with van der Waals surface area (Å²) in [7, 11) is 0. The minimum atomic E-state index is 0.640. The number of rotatable bonds is 3. The highest BCUT2D eigenvalue weighted by Gasteiger charge is 2.00. The number of nitrogen functional groups attached to an aromatic ring is 1. The summed E-state index contributed by atoms with van der Waals surface area (Å²) in [4.78, 5) is 6.48. The smallest absolute Gasteiger partial charge is 0.180 e. The van der Waals surface area contributed by atoms with Crippen molar-refractivity contribution in [1.29, 1.82) is 0 Å². The molecule has 0 amide bonds. The number of nitrogens with zero attached hydrogens (tertiary/aromatic N) is 1. The van der Waals surface area contributed by atoms with Gasteiger partial charge in [-0.1, -0.05) is 15.9 Å². The average Bonchev–Trinajstić information content (AvgIpc) is 2.64. The number of hydrogen-bond acceptors (Lipinski definition) is 4. The Morgan fingerprint density at radius 3 is 2.67 bits per heavy atom. The highest BCUT2D eigenvalue weighted by Crippen LogP contribution is 2.27. The first kappa shape index (κ1) is 11.0. The second kappa shape index (κ2) is 5.01. The lowest BCUT2D eigenvalue weighted by Gasteiger charge is -1.98. The Kier molecular flexibility index (Phi) is 3.66. The Balaban J connectivity index is 1.96. The molecule has 0 aliphatic carbocycles. The molecule has 0 radical (unpaired) electrons. The van der Waals surface area contributed by atoms with Crippen LogP contribution in [-0.4, -0.2) is 4.98 Å². The third-order valence-corrected chi connectivity index (χ3v) is 4.36. The van der Waals surface area contributed by atoms with E-state index in [0.717, 1.165) is 10.2 Å². The zero-order valence-corrected chi connectivity index (χ0v) is 11.0. The third kappa shape index (κ3) is 3.22. The van der Waals surface area contributed by atoms with E-state index in [1.807, 2.05) is 18.3 Å². The zero-order chi connectivity index (χ0) is 10.7. The monoisotopic (exact) mass is 300 g/mol. The van der Waals surface area contributed by atoms with Gasteiger partial charge in [0.15, 0.2) is 5.13 Å². The largest absolute Gasteiger partial charge is 0.375 e. The van der Waals surface area contributed by atoms with Crippen LogP contribution in [0.4, 0.5) is 5.13 Å². The maximum atomic E-state index is 5.56. The van der Waals surface area contributed by atoms with E-state index in [9.17, 15) is 0 Å². The van der Waals surface area contributed by atoms with Gasteiger partial charge in [-0.3, -0.25) is 0 Å².